The van der Waals surface area contributed by atoms with E-state index in [1.54, 1.807) is 49.0 Å². The lowest BCUT2D eigenvalue weighted by molar-refractivity contribution is 0.0975. The van der Waals surface area contributed by atoms with Crippen LogP contribution in [-0.2, 0) is 10.8 Å². The topological polar surface area (TPSA) is 138 Å². The number of fused-ring (bicyclic) bond motifs is 10. The molecule has 514 valence electrons. The van der Waals surface area contributed by atoms with Crippen LogP contribution in [0.3, 0.4) is 0 Å². The van der Waals surface area contributed by atoms with Crippen LogP contribution < -0.4 is 9.47 Å². The van der Waals surface area contributed by atoms with Crippen LogP contribution in [0.15, 0.2) is 193 Å². The maximum absolute atomic E-state index is 14.5. The van der Waals surface area contributed by atoms with Crippen molar-refractivity contribution in [3.63, 3.8) is 0 Å². The van der Waals surface area contributed by atoms with Gasteiger partial charge in [-0.25, -0.2) is 17.6 Å². The van der Waals surface area contributed by atoms with Gasteiger partial charge in [-0.05, 0) is 192 Å². The molecule has 0 atom stereocenters. The van der Waals surface area contributed by atoms with Crippen molar-refractivity contribution >= 4 is 126 Å². The quantitative estimate of drug-likeness (QED) is 0.0660. The highest BCUT2D eigenvalue weighted by atomic mass is 32.1. The van der Waals surface area contributed by atoms with E-state index in [0.717, 1.165) is 165 Å². The number of benzene rings is 9. The average Bonchev–Trinajstić information content (AvgIpc) is 1.50. The zero-order valence-corrected chi connectivity index (χ0v) is 61.6. The van der Waals surface area contributed by atoms with Crippen LogP contribution in [0.25, 0.3) is 95.5 Å². The molecule has 0 radical (unpaired) electrons. The Balaban J connectivity index is 0.805. The number of thiophene rings is 4. The van der Waals surface area contributed by atoms with Gasteiger partial charge in [0.05, 0.1) is 69.4 Å². The van der Waals surface area contributed by atoms with Gasteiger partial charge in [-0.3, -0.25) is 19.2 Å². The van der Waals surface area contributed by atoms with Gasteiger partial charge in [-0.15, -0.1) is 45.3 Å². The molecule has 4 aliphatic carbocycles. The number of hydrogen-bond acceptors (Lipinski definition) is 16. The zero-order chi connectivity index (χ0) is 72.7. The number of ether oxygens (including phenoxy) is 2. The van der Waals surface area contributed by atoms with Crippen molar-refractivity contribution < 1.29 is 46.2 Å². The van der Waals surface area contributed by atoms with Crippen LogP contribution in [0.5, 0.6) is 11.5 Å². The molecule has 9 aromatic carbocycles. The maximum Gasteiger partial charge on any atom is 0.197 e. The third kappa shape index (κ3) is 9.67. The Kier molecular flexibility index (Phi) is 15.0. The largest absolute Gasteiger partial charge is 0.495 e. The average molecular weight is 1500 g/mol. The summed E-state index contributed by atoms with van der Waals surface area (Å²) >= 11 is 8.56. The van der Waals surface area contributed by atoms with Crippen LogP contribution >= 0.6 is 68.8 Å². The van der Waals surface area contributed by atoms with Crippen molar-refractivity contribution in [1.82, 2.24) is 17.5 Å². The molecule has 106 heavy (non-hydrogen) atoms. The fraction of sp³-hybridized carbons (Fsp3) is 0.0930. The summed E-state index contributed by atoms with van der Waals surface area (Å²) in [6, 6.07) is 59.5. The van der Waals surface area contributed by atoms with Crippen molar-refractivity contribution in [2.75, 3.05) is 14.2 Å². The first-order chi connectivity index (χ1) is 51.3. The molecule has 0 spiro atoms. The first-order valence-electron chi connectivity index (χ1n) is 33.6. The van der Waals surface area contributed by atoms with Crippen LogP contribution in [0.4, 0.5) is 17.6 Å². The van der Waals surface area contributed by atoms with E-state index in [2.05, 4.69) is 158 Å². The molecular weight excluding hydrogens is 1450 g/mol. The molecule has 4 aliphatic rings. The van der Waals surface area contributed by atoms with Gasteiger partial charge in [0.25, 0.3) is 0 Å². The van der Waals surface area contributed by atoms with Crippen LogP contribution in [0.1, 0.15) is 119 Å². The van der Waals surface area contributed by atoms with E-state index < -0.39 is 57.2 Å². The first kappa shape index (κ1) is 65.6. The van der Waals surface area contributed by atoms with E-state index in [1.807, 2.05) is 24.3 Å². The molecular formula is C86H50F4N4O6S6. The minimum Gasteiger partial charge on any atom is -0.495 e. The molecule has 0 saturated heterocycles. The van der Waals surface area contributed by atoms with Gasteiger partial charge in [0.15, 0.2) is 46.4 Å². The standard InChI is InChI=1S/C86H50F4N4O6S6/c1-39-7-15-45(16-8-39)85(46-17-9-40(2)10-18-46)59-29-54-60(30-53(59)81-61(85)35-73(103-81)83-69(99-5)37-71(101-83)55-23-43(27-67-75(55)93-105-91-67)25-57-77(95)49-31-63(87)64(88)32-50(49)78(57)96)86(47-19-11-41(3)12-20-47,48-21-13-42(4)14-22-48)62-36-74(104-82(54)62)84-70(100-6)38-72(102-84)56-24-44(28-68-76(56)94-106-92-68)26-58-79(97)51-33-65(89)66(90)34-52(51)80(58)98/h7-38H,1-6H3. The van der Waals surface area contributed by atoms with Gasteiger partial charge in [-0.2, -0.15) is 17.5 Å². The molecule has 6 heterocycles. The van der Waals surface area contributed by atoms with Crippen molar-refractivity contribution in [2.24, 2.45) is 0 Å². The van der Waals surface area contributed by atoms with Gasteiger partial charge in [0, 0.05) is 62.6 Å². The minimum atomic E-state index is -1.21. The van der Waals surface area contributed by atoms with E-state index >= 15 is 0 Å². The van der Waals surface area contributed by atoms with Gasteiger partial charge in [0.2, 0.25) is 0 Å². The SMILES string of the molecule is COc1cc(-c2cc(C=C3C(=O)c4cc(F)c(F)cc4C3=O)cc3nsnc23)sc1-c1cc2c(s1)-c1cc3c(cc1C2(c1ccc(C)cc1)c1ccc(C)cc1)-c1sc(-c2sc(-c4cc(C=C5C(=O)c6cc(F)c(F)cc6C5=O)cc5nsnc45)cc2OC)cc1C3(c1ccc(C)cc1)c1ccc(C)cc1. The Morgan fingerprint density at radius 1 is 0.330 bits per heavy atom. The van der Waals surface area contributed by atoms with Crippen LogP contribution in [0, 0.1) is 51.0 Å². The number of halogens is 4. The number of methoxy groups -OCH3 is 2. The van der Waals surface area contributed by atoms with Crippen molar-refractivity contribution in [3.05, 3.63) is 317 Å². The van der Waals surface area contributed by atoms with Crippen molar-refractivity contribution in [2.45, 2.75) is 38.5 Å². The molecule has 6 aromatic heterocycles. The Labute approximate surface area is 627 Å². The number of nitrogens with zero attached hydrogens (tertiary/aromatic N) is 4. The summed E-state index contributed by atoms with van der Waals surface area (Å²) in [6.45, 7) is 8.42. The summed E-state index contributed by atoms with van der Waals surface area (Å²) in [6.07, 6.45) is 2.91. The van der Waals surface area contributed by atoms with Crippen LogP contribution in [-0.4, -0.2) is 54.8 Å². The van der Waals surface area contributed by atoms with Crippen molar-refractivity contribution in [1.29, 1.82) is 0 Å². The number of Topliss-reactive ketones (excluding diaryl/α,β-unsaturated/α-hetero) is 4. The molecule has 0 bridgehead atoms. The Morgan fingerprint density at radius 2 is 0.642 bits per heavy atom. The van der Waals surface area contributed by atoms with E-state index in [-0.39, 0.29) is 33.4 Å². The Morgan fingerprint density at radius 3 is 0.953 bits per heavy atom. The molecule has 0 aliphatic heterocycles. The molecule has 0 fully saturated rings. The predicted molar refractivity (Wildman–Crippen MR) is 414 cm³/mol. The fourth-order valence-electron chi connectivity index (χ4n) is 15.9. The minimum absolute atomic E-state index is 0.190. The summed E-state index contributed by atoms with van der Waals surface area (Å²) < 4.78 is 89.4. The molecule has 19 rings (SSSR count). The number of aromatic nitrogens is 4. The number of allylic oxidation sites excluding steroid dienone is 2. The summed E-state index contributed by atoms with van der Waals surface area (Å²) in [4.78, 5) is 62.4. The normalized spacial score (nSPS) is 14.3. The summed E-state index contributed by atoms with van der Waals surface area (Å²) in [5.74, 6) is -6.39. The second kappa shape index (κ2) is 24.2. The molecule has 20 heteroatoms. The third-order valence-corrected chi connectivity index (χ3v) is 27.0. The first-order valence-corrected chi connectivity index (χ1v) is 38.3. The van der Waals surface area contributed by atoms with Gasteiger partial charge < -0.3 is 9.47 Å². The monoisotopic (exact) mass is 1500 g/mol. The number of rotatable bonds is 12. The van der Waals surface area contributed by atoms with E-state index in [9.17, 15) is 36.7 Å². The van der Waals surface area contributed by atoms with E-state index in [1.165, 1.54) is 34.8 Å². The highest BCUT2D eigenvalue weighted by molar-refractivity contribution is 7.26. The number of aryl methyl sites for hydroxylation is 4. The van der Waals surface area contributed by atoms with E-state index in [0.29, 0.717) is 55.8 Å². The van der Waals surface area contributed by atoms with E-state index in [4.69, 9.17) is 18.2 Å². The zero-order valence-electron chi connectivity index (χ0n) is 56.7. The molecule has 0 unspecified atom stereocenters. The molecule has 0 saturated carbocycles. The maximum atomic E-state index is 14.5. The molecule has 10 nitrogen and oxygen atoms in total. The smallest absolute Gasteiger partial charge is 0.197 e. The lowest BCUT2D eigenvalue weighted by Crippen LogP contribution is -2.30. The Hall–Kier alpha value is -11.1. The molecule has 0 N–H and O–H groups in total. The third-order valence-electron chi connectivity index (χ3n) is 20.9. The lowest BCUT2D eigenvalue weighted by atomic mass is 9.65. The molecule has 0 amide bonds. The number of ketones is 4. The number of carbonyl (C=O) groups is 4. The van der Waals surface area contributed by atoms with Gasteiger partial charge in [0.1, 0.15) is 33.6 Å². The summed E-state index contributed by atoms with van der Waals surface area (Å²) in [7, 11) is 3.32. The predicted octanol–water partition coefficient (Wildman–Crippen LogP) is 22.1. The highest BCUT2D eigenvalue weighted by Gasteiger charge is 2.54. The number of carbonyl (C=O) groups excluding carboxylic acids is 4. The second-order valence-corrected chi connectivity index (χ2v) is 32.4. The Bertz CT molecular complexity index is 5920. The lowest BCUT2D eigenvalue weighted by Gasteiger charge is -2.35. The highest BCUT2D eigenvalue weighted by Crippen LogP contribution is 2.67. The summed E-state index contributed by atoms with van der Waals surface area (Å²) in [5, 5.41) is 0. The summed E-state index contributed by atoms with van der Waals surface area (Å²) in [5.41, 5.74) is 17.1. The fourth-order valence-corrected chi connectivity index (χ4v) is 22.0. The second-order valence-electron chi connectivity index (χ2n) is 27.1. The van der Waals surface area contributed by atoms with Crippen LogP contribution in [0.2, 0.25) is 0 Å². The number of hydrogen-bond donors (Lipinski definition) is 0. The van der Waals surface area contributed by atoms with Crippen molar-refractivity contribution in [3.8, 4) is 72.8 Å². The van der Waals surface area contributed by atoms with Gasteiger partial charge >= 0.3 is 0 Å². The van der Waals surface area contributed by atoms with Gasteiger partial charge in [-0.1, -0.05) is 119 Å². The molecule has 15 aromatic rings.